The molecule has 26 heavy (non-hydrogen) atoms. The van der Waals surface area contributed by atoms with Crippen LogP contribution >= 0.6 is 23.2 Å². The van der Waals surface area contributed by atoms with Gasteiger partial charge in [0.05, 0.1) is 5.02 Å². The number of hydrogen-bond donors (Lipinski definition) is 1. The molecule has 2 aromatic carbocycles. The van der Waals surface area contributed by atoms with Crippen LogP contribution in [0.15, 0.2) is 59.6 Å². The molecule has 2 rings (SSSR count). The fraction of sp³-hybridized carbons (Fsp3) is 0.167. The van der Waals surface area contributed by atoms with Gasteiger partial charge in [0.15, 0.2) is 5.78 Å². The van der Waals surface area contributed by atoms with E-state index in [-0.39, 0.29) is 22.2 Å². The monoisotopic (exact) mass is 412 g/mol. The van der Waals surface area contributed by atoms with Gasteiger partial charge in [-0.3, -0.25) is 4.79 Å². The summed E-state index contributed by atoms with van der Waals surface area (Å²) in [5.41, 5.74) is 1.13. The fourth-order valence-electron chi connectivity index (χ4n) is 2.10. The highest BCUT2D eigenvalue weighted by Gasteiger charge is 2.18. The number of carbonyl (C=O) groups excluding carboxylic acids is 1. The van der Waals surface area contributed by atoms with Gasteiger partial charge >= 0.3 is 0 Å². The summed E-state index contributed by atoms with van der Waals surface area (Å²) < 4.78 is 27.3. The molecule has 0 spiro atoms. The van der Waals surface area contributed by atoms with Crippen LogP contribution in [-0.2, 0) is 16.6 Å². The Labute approximate surface area is 163 Å². The smallest absolute Gasteiger partial charge is 0.242 e. The molecule has 0 saturated carbocycles. The normalized spacial score (nSPS) is 11.7. The van der Waals surface area contributed by atoms with Crippen LogP contribution in [0.3, 0.4) is 0 Å². The number of halogens is 2. The van der Waals surface area contributed by atoms with Gasteiger partial charge in [-0.1, -0.05) is 41.4 Å². The first-order chi connectivity index (χ1) is 12.2. The van der Waals surface area contributed by atoms with E-state index in [9.17, 15) is 13.2 Å². The highest BCUT2D eigenvalue weighted by atomic mass is 35.5. The summed E-state index contributed by atoms with van der Waals surface area (Å²) in [6, 6.07) is 10.9. The van der Waals surface area contributed by atoms with E-state index < -0.39 is 10.0 Å². The van der Waals surface area contributed by atoms with E-state index in [4.69, 9.17) is 23.2 Å². The van der Waals surface area contributed by atoms with E-state index in [1.165, 1.54) is 24.3 Å². The van der Waals surface area contributed by atoms with Crippen LogP contribution in [0.2, 0.25) is 10.0 Å². The maximum Gasteiger partial charge on any atom is 0.242 e. The highest BCUT2D eigenvalue weighted by Crippen LogP contribution is 2.25. The molecule has 0 radical (unpaired) electrons. The van der Waals surface area contributed by atoms with Crippen molar-refractivity contribution in [2.75, 3.05) is 14.1 Å². The highest BCUT2D eigenvalue weighted by molar-refractivity contribution is 7.89. The molecule has 0 heterocycles. The third-order valence-electron chi connectivity index (χ3n) is 3.39. The SMILES string of the molecule is CN(C)C=CC(=O)c1cccc(CNS(=O)(=O)c2ccc(Cl)cc2Cl)c1. The molecular weight excluding hydrogens is 395 g/mol. The van der Waals surface area contributed by atoms with Crippen molar-refractivity contribution < 1.29 is 13.2 Å². The van der Waals surface area contributed by atoms with Crippen LogP contribution < -0.4 is 4.72 Å². The Hall–Kier alpha value is -1.86. The topological polar surface area (TPSA) is 66.5 Å². The Kier molecular flexibility index (Phi) is 6.83. The summed E-state index contributed by atoms with van der Waals surface area (Å²) >= 11 is 11.8. The van der Waals surface area contributed by atoms with E-state index in [2.05, 4.69) is 4.72 Å². The predicted molar refractivity (Wildman–Crippen MR) is 104 cm³/mol. The van der Waals surface area contributed by atoms with Crippen molar-refractivity contribution in [2.24, 2.45) is 0 Å². The first kappa shape index (κ1) is 20.5. The lowest BCUT2D eigenvalue weighted by atomic mass is 10.1. The van der Waals surface area contributed by atoms with Crippen molar-refractivity contribution in [1.29, 1.82) is 0 Å². The van der Waals surface area contributed by atoms with E-state index in [0.29, 0.717) is 16.1 Å². The van der Waals surface area contributed by atoms with Crippen LogP contribution in [0.1, 0.15) is 15.9 Å². The number of nitrogens with one attached hydrogen (secondary N) is 1. The van der Waals surface area contributed by atoms with Crippen LogP contribution in [0.5, 0.6) is 0 Å². The fourth-order valence-corrected chi connectivity index (χ4v) is 3.89. The summed E-state index contributed by atoms with van der Waals surface area (Å²) in [6.07, 6.45) is 3.11. The number of carbonyl (C=O) groups is 1. The van der Waals surface area contributed by atoms with Gasteiger partial charge < -0.3 is 4.90 Å². The Morgan fingerprint density at radius 2 is 1.88 bits per heavy atom. The Morgan fingerprint density at radius 1 is 1.15 bits per heavy atom. The van der Waals surface area contributed by atoms with Gasteiger partial charge in [-0.15, -0.1) is 0 Å². The molecule has 0 saturated heterocycles. The second-order valence-electron chi connectivity index (χ2n) is 5.74. The Morgan fingerprint density at radius 3 is 2.54 bits per heavy atom. The standard InChI is InChI=1S/C18H18Cl2N2O3S/c1-22(2)9-8-17(23)14-5-3-4-13(10-14)12-21-26(24,25)18-7-6-15(19)11-16(18)20/h3-11,21H,12H2,1-2H3. The number of rotatable bonds is 7. The zero-order valence-electron chi connectivity index (χ0n) is 14.2. The second kappa shape index (κ2) is 8.68. The molecular formula is C18H18Cl2N2O3S. The van der Waals surface area contributed by atoms with Crippen molar-refractivity contribution in [1.82, 2.24) is 9.62 Å². The van der Waals surface area contributed by atoms with Crippen LogP contribution in [0.25, 0.3) is 0 Å². The Bertz CT molecular complexity index is 941. The lowest BCUT2D eigenvalue weighted by Gasteiger charge is -2.09. The molecule has 0 aliphatic rings. The van der Waals surface area contributed by atoms with Crippen LogP contribution in [-0.4, -0.2) is 33.2 Å². The molecule has 0 aliphatic heterocycles. The number of allylic oxidation sites excluding steroid dienone is 1. The summed E-state index contributed by atoms with van der Waals surface area (Å²) in [5.74, 6) is -0.163. The molecule has 8 heteroatoms. The van der Waals surface area contributed by atoms with Crippen molar-refractivity contribution in [3.05, 3.63) is 75.9 Å². The number of benzene rings is 2. The van der Waals surface area contributed by atoms with Gasteiger partial charge in [0, 0.05) is 43.5 Å². The average molecular weight is 413 g/mol. The van der Waals surface area contributed by atoms with Gasteiger partial charge in [-0.2, -0.15) is 0 Å². The summed E-state index contributed by atoms with van der Waals surface area (Å²) in [4.78, 5) is 13.8. The number of hydrogen-bond acceptors (Lipinski definition) is 4. The van der Waals surface area contributed by atoms with Gasteiger partial charge in [0.2, 0.25) is 10.0 Å². The van der Waals surface area contributed by atoms with E-state index >= 15 is 0 Å². The molecule has 0 bridgehead atoms. The third kappa shape index (κ3) is 5.57. The van der Waals surface area contributed by atoms with Gasteiger partial charge in [0.1, 0.15) is 4.90 Å². The maximum atomic E-state index is 12.4. The molecule has 0 unspecified atom stereocenters. The summed E-state index contributed by atoms with van der Waals surface area (Å²) in [5, 5.41) is 0.397. The van der Waals surface area contributed by atoms with Crippen LogP contribution in [0.4, 0.5) is 0 Å². The van der Waals surface area contributed by atoms with Crippen molar-refractivity contribution in [3.63, 3.8) is 0 Å². The van der Waals surface area contributed by atoms with E-state index in [0.717, 1.165) is 0 Å². The van der Waals surface area contributed by atoms with Crippen molar-refractivity contribution in [2.45, 2.75) is 11.4 Å². The number of nitrogens with zero attached hydrogens (tertiary/aromatic N) is 1. The predicted octanol–water partition coefficient (Wildman–Crippen LogP) is 3.73. The average Bonchev–Trinajstić information content (AvgIpc) is 2.58. The summed E-state index contributed by atoms with van der Waals surface area (Å²) in [7, 11) is -0.174. The van der Waals surface area contributed by atoms with E-state index in [1.807, 2.05) is 14.1 Å². The third-order valence-corrected chi connectivity index (χ3v) is 5.50. The lowest BCUT2D eigenvalue weighted by Crippen LogP contribution is -2.23. The molecule has 0 aromatic heterocycles. The van der Waals surface area contributed by atoms with Crippen molar-refractivity contribution in [3.8, 4) is 0 Å². The molecule has 0 atom stereocenters. The number of sulfonamides is 1. The number of ketones is 1. The first-order valence-corrected chi connectivity index (χ1v) is 9.85. The molecule has 1 N–H and O–H groups in total. The second-order valence-corrected chi connectivity index (χ2v) is 8.32. The molecule has 0 aliphatic carbocycles. The van der Waals surface area contributed by atoms with Crippen molar-refractivity contribution >= 4 is 39.0 Å². The molecule has 0 amide bonds. The largest absolute Gasteiger partial charge is 0.383 e. The maximum absolute atomic E-state index is 12.4. The van der Waals surface area contributed by atoms with E-state index in [1.54, 1.807) is 35.4 Å². The molecule has 5 nitrogen and oxygen atoms in total. The molecule has 0 fully saturated rings. The van der Waals surface area contributed by atoms with Gasteiger partial charge in [-0.25, -0.2) is 13.1 Å². The Balaban J connectivity index is 2.14. The lowest BCUT2D eigenvalue weighted by molar-refractivity contribution is 0.104. The molecule has 2 aromatic rings. The van der Waals surface area contributed by atoms with Crippen LogP contribution in [0, 0.1) is 0 Å². The minimum atomic E-state index is -3.81. The minimum absolute atomic E-state index is 0.0276. The van der Waals surface area contributed by atoms with Gasteiger partial charge in [-0.05, 0) is 29.8 Å². The quantitative estimate of drug-likeness (QED) is 0.555. The first-order valence-electron chi connectivity index (χ1n) is 7.61. The summed E-state index contributed by atoms with van der Waals surface area (Å²) in [6.45, 7) is 0.0276. The zero-order chi connectivity index (χ0) is 19.3. The van der Waals surface area contributed by atoms with Gasteiger partial charge in [0.25, 0.3) is 0 Å². The zero-order valence-corrected chi connectivity index (χ0v) is 16.6. The minimum Gasteiger partial charge on any atom is -0.383 e. The molecule has 138 valence electrons.